The van der Waals surface area contributed by atoms with Gasteiger partial charge in [0, 0.05) is 36.3 Å². The Kier molecular flexibility index (Phi) is 4.96. The number of fused-ring (bicyclic) bond motifs is 1. The molecule has 0 bridgehead atoms. The van der Waals surface area contributed by atoms with Gasteiger partial charge in [-0.15, -0.1) is 0 Å². The first-order valence-electron chi connectivity index (χ1n) is 9.27. The summed E-state index contributed by atoms with van der Waals surface area (Å²) in [6.07, 6.45) is 0.595. The maximum atomic E-state index is 14.2. The van der Waals surface area contributed by atoms with E-state index in [2.05, 4.69) is 9.88 Å². The molecule has 1 aliphatic heterocycles. The van der Waals surface area contributed by atoms with Gasteiger partial charge in [0.05, 0.1) is 12.8 Å². The normalized spacial score (nSPS) is 14.0. The zero-order valence-electron chi connectivity index (χ0n) is 16.0. The minimum atomic E-state index is -0.259. The maximum absolute atomic E-state index is 14.2. The summed E-state index contributed by atoms with van der Waals surface area (Å²) in [7, 11) is 1.57. The van der Waals surface area contributed by atoms with Gasteiger partial charge in [-0.3, -0.25) is 9.69 Å². The summed E-state index contributed by atoms with van der Waals surface area (Å²) < 4.78 is 19.4. The van der Waals surface area contributed by atoms with Crippen LogP contribution in [-0.4, -0.2) is 28.5 Å². The highest BCUT2D eigenvalue weighted by atomic mass is 19.1. The van der Waals surface area contributed by atoms with E-state index in [-0.39, 0.29) is 11.4 Å². The van der Waals surface area contributed by atoms with Gasteiger partial charge in [0.2, 0.25) is 0 Å². The second-order valence-electron chi connectivity index (χ2n) is 7.12. The maximum Gasteiger partial charge on any atom is 0.254 e. The zero-order chi connectivity index (χ0) is 19.7. The van der Waals surface area contributed by atoms with Crippen molar-refractivity contribution in [2.75, 3.05) is 13.7 Å². The minimum Gasteiger partial charge on any atom is -0.497 e. The van der Waals surface area contributed by atoms with Crippen LogP contribution in [0.4, 0.5) is 4.39 Å². The van der Waals surface area contributed by atoms with Gasteiger partial charge >= 0.3 is 0 Å². The van der Waals surface area contributed by atoms with Crippen LogP contribution in [0.3, 0.4) is 0 Å². The molecule has 28 heavy (non-hydrogen) atoms. The van der Waals surface area contributed by atoms with E-state index in [0.717, 1.165) is 22.4 Å². The van der Waals surface area contributed by atoms with E-state index in [0.29, 0.717) is 43.2 Å². The van der Waals surface area contributed by atoms with Crippen LogP contribution >= 0.6 is 0 Å². The predicted octanol–water partition coefficient (Wildman–Crippen LogP) is 3.45. The van der Waals surface area contributed by atoms with E-state index < -0.39 is 0 Å². The fraction of sp³-hybridized carbons (Fsp3) is 0.273. The van der Waals surface area contributed by atoms with Crippen molar-refractivity contribution in [2.24, 2.45) is 0 Å². The molecule has 3 aromatic rings. The number of aromatic nitrogens is 2. The van der Waals surface area contributed by atoms with Crippen LogP contribution in [0.5, 0.6) is 5.75 Å². The van der Waals surface area contributed by atoms with Crippen molar-refractivity contribution in [3.8, 4) is 17.1 Å². The monoisotopic (exact) mass is 379 g/mol. The number of aromatic amines is 1. The Hall–Kier alpha value is -2.99. The first-order valence-corrected chi connectivity index (χ1v) is 9.27. The molecule has 1 aromatic heterocycles. The van der Waals surface area contributed by atoms with Gasteiger partial charge in [-0.2, -0.15) is 0 Å². The fourth-order valence-electron chi connectivity index (χ4n) is 3.52. The van der Waals surface area contributed by atoms with Crippen LogP contribution in [0.15, 0.2) is 47.3 Å². The molecule has 0 unspecified atom stereocenters. The average molecular weight is 379 g/mol. The first-order chi connectivity index (χ1) is 13.5. The Morgan fingerprint density at radius 3 is 2.75 bits per heavy atom. The number of methoxy groups -OCH3 is 1. The van der Waals surface area contributed by atoms with Gasteiger partial charge in [0.1, 0.15) is 17.4 Å². The highest BCUT2D eigenvalue weighted by molar-refractivity contribution is 5.55. The zero-order valence-corrected chi connectivity index (χ0v) is 16.0. The first kappa shape index (κ1) is 18.4. The summed E-state index contributed by atoms with van der Waals surface area (Å²) in [6, 6.07) is 12.6. The van der Waals surface area contributed by atoms with E-state index in [1.165, 1.54) is 6.07 Å². The number of benzene rings is 2. The summed E-state index contributed by atoms with van der Waals surface area (Å²) in [5, 5.41) is 0. The predicted molar refractivity (Wildman–Crippen MR) is 106 cm³/mol. The number of rotatable bonds is 4. The molecule has 0 aliphatic carbocycles. The highest BCUT2D eigenvalue weighted by Crippen LogP contribution is 2.23. The van der Waals surface area contributed by atoms with Crippen LogP contribution in [0.25, 0.3) is 11.4 Å². The standard InChI is InChI=1S/C22H22FN3O2/c1-14-3-5-15(6-4-14)21-24-20-13-26(10-9-18(20)22(27)25-21)12-16-11-17(28-2)7-8-19(16)23/h3-8,11H,9-10,12-13H2,1-2H3,(H,24,25,27). The van der Waals surface area contributed by atoms with E-state index in [1.54, 1.807) is 19.2 Å². The minimum absolute atomic E-state index is 0.0900. The van der Waals surface area contributed by atoms with Gasteiger partial charge in [-0.1, -0.05) is 29.8 Å². The molecule has 0 atom stereocenters. The van der Waals surface area contributed by atoms with E-state index >= 15 is 0 Å². The number of aryl methyl sites for hydroxylation is 1. The SMILES string of the molecule is COc1ccc(F)c(CN2CCc3c(nc(-c4ccc(C)cc4)[nH]c3=O)C2)c1. The van der Waals surface area contributed by atoms with Crippen molar-refractivity contribution in [1.29, 1.82) is 0 Å². The Balaban J connectivity index is 1.61. The smallest absolute Gasteiger partial charge is 0.254 e. The molecule has 1 N–H and O–H groups in total. The van der Waals surface area contributed by atoms with Crippen LogP contribution < -0.4 is 10.3 Å². The number of nitrogens with one attached hydrogen (secondary N) is 1. The van der Waals surface area contributed by atoms with Gasteiger partial charge in [-0.05, 0) is 31.5 Å². The number of H-pyrrole nitrogens is 1. The molecule has 144 valence electrons. The molecule has 0 saturated heterocycles. The van der Waals surface area contributed by atoms with Crippen molar-refractivity contribution in [1.82, 2.24) is 14.9 Å². The van der Waals surface area contributed by atoms with E-state index in [9.17, 15) is 9.18 Å². The van der Waals surface area contributed by atoms with E-state index in [1.807, 2.05) is 31.2 Å². The van der Waals surface area contributed by atoms with Gasteiger partial charge < -0.3 is 9.72 Å². The van der Waals surface area contributed by atoms with Crippen molar-refractivity contribution in [3.05, 3.63) is 81.0 Å². The van der Waals surface area contributed by atoms with Crippen molar-refractivity contribution >= 4 is 0 Å². The van der Waals surface area contributed by atoms with Crippen molar-refractivity contribution in [3.63, 3.8) is 0 Å². The summed E-state index contributed by atoms with van der Waals surface area (Å²) in [5.74, 6) is 0.939. The Morgan fingerprint density at radius 2 is 2.00 bits per heavy atom. The molecule has 6 heteroatoms. The topological polar surface area (TPSA) is 58.2 Å². The van der Waals surface area contributed by atoms with Crippen LogP contribution in [0.1, 0.15) is 22.4 Å². The second kappa shape index (κ2) is 7.56. The van der Waals surface area contributed by atoms with Crippen molar-refractivity contribution in [2.45, 2.75) is 26.4 Å². The Labute approximate surface area is 162 Å². The van der Waals surface area contributed by atoms with Crippen molar-refractivity contribution < 1.29 is 9.13 Å². The molecule has 2 heterocycles. The highest BCUT2D eigenvalue weighted by Gasteiger charge is 2.22. The number of ether oxygens (including phenoxy) is 1. The number of hydrogen-bond donors (Lipinski definition) is 1. The summed E-state index contributed by atoms with van der Waals surface area (Å²) >= 11 is 0. The largest absolute Gasteiger partial charge is 0.497 e. The lowest BCUT2D eigenvalue weighted by Gasteiger charge is -2.28. The third kappa shape index (κ3) is 3.68. The molecule has 0 fully saturated rings. The third-order valence-corrected chi connectivity index (χ3v) is 5.12. The molecular weight excluding hydrogens is 357 g/mol. The Morgan fingerprint density at radius 1 is 1.21 bits per heavy atom. The van der Waals surface area contributed by atoms with E-state index in [4.69, 9.17) is 9.72 Å². The van der Waals surface area contributed by atoms with Gasteiger partial charge in [-0.25, -0.2) is 9.37 Å². The summed E-state index contributed by atoms with van der Waals surface area (Å²) in [6.45, 7) is 3.65. The second-order valence-corrected chi connectivity index (χ2v) is 7.12. The molecule has 0 spiro atoms. The molecular formula is C22H22FN3O2. The number of halogens is 1. The molecule has 0 saturated carbocycles. The lowest BCUT2D eigenvalue weighted by atomic mass is 10.0. The van der Waals surface area contributed by atoms with Crippen LogP contribution in [0.2, 0.25) is 0 Å². The lowest BCUT2D eigenvalue weighted by molar-refractivity contribution is 0.237. The van der Waals surface area contributed by atoms with Gasteiger partial charge in [0.25, 0.3) is 5.56 Å². The number of hydrogen-bond acceptors (Lipinski definition) is 4. The van der Waals surface area contributed by atoms with Crippen LogP contribution in [-0.2, 0) is 19.5 Å². The lowest BCUT2D eigenvalue weighted by Crippen LogP contribution is -2.35. The molecule has 2 aromatic carbocycles. The third-order valence-electron chi connectivity index (χ3n) is 5.12. The van der Waals surface area contributed by atoms with Crippen LogP contribution in [0, 0.1) is 12.7 Å². The summed E-state index contributed by atoms with van der Waals surface area (Å²) in [5.41, 5.74) is 3.99. The molecule has 4 rings (SSSR count). The average Bonchev–Trinajstić information content (AvgIpc) is 2.70. The Bertz CT molecular complexity index is 1060. The molecule has 5 nitrogen and oxygen atoms in total. The molecule has 0 radical (unpaired) electrons. The number of nitrogens with zero attached hydrogens (tertiary/aromatic N) is 2. The quantitative estimate of drug-likeness (QED) is 0.754. The molecule has 0 amide bonds. The summed E-state index contributed by atoms with van der Waals surface area (Å²) in [4.78, 5) is 22.2. The molecule has 1 aliphatic rings. The van der Waals surface area contributed by atoms with Gasteiger partial charge in [0.15, 0.2) is 0 Å². The fourth-order valence-corrected chi connectivity index (χ4v) is 3.52.